The molecule has 0 spiro atoms. The number of nitrogens with one attached hydrogen (secondary N) is 2. The molecule has 0 atom stereocenters. The third-order valence-electron chi connectivity index (χ3n) is 6.19. The maximum Gasteiger partial charge on any atom is 0.408 e. The largest absolute Gasteiger partial charge is 0.497 e. The average molecular weight is 575 g/mol. The number of carbonyl (C=O) groups is 2. The zero-order valence-electron chi connectivity index (χ0n) is 21.8. The van der Waals surface area contributed by atoms with Gasteiger partial charge in [0.15, 0.2) is 0 Å². The number of carbonyl (C=O) groups excluding carboxylic acids is 2. The fourth-order valence-electron chi connectivity index (χ4n) is 4.21. The lowest BCUT2D eigenvalue weighted by molar-refractivity contribution is 0.0377. The van der Waals surface area contributed by atoms with Gasteiger partial charge in [0.2, 0.25) is 0 Å². The molecule has 0 saturated heterocycles. The summed E-state index contributed by atoms with van der Waals surface area (Å²) in [7, 11) is 1.45. The summed E-state index contributed by atoms with van der Waals surface area (Å²) >= 11 is 12.7. The summed E-state index contributed by atoms with van der Waals surface area (Å²) in [5.41, 5.74) is 4.51. The van der Waals surface area contributed by atoms with E-state index in [2.05, 4.69) is 20.6 Å². The molecule has 2 heterocycles. The summed E-state index contributed by atoms with van der Waals surface area (Å²) in [4.78, 5) is 47.3. The second kappa shape index (κ2) is 10.7. The summed E-state index contributed by atoms with van der Waals surface area (Å²) < 4.78 is 11.6. The molecule has 0 bridgehead atoms. The number of anilines is 2. The summed E-state index contributed by atoms with van der Waals surface area (Å²) in [6.45, 7) is 5.35. The molecule has 4 rings (SSSR count). The molecule has 0 radical (unpaired) electrons. The number of alkyl carbamates (subject to hydrolysis) is 1. The first-order valence-corrected chi connectivity index (χ1v) is 12.8. The zero-order chi connectivity index (χ0) is 28.5. The van der Waals surface area contributed by atoms with Gasteiger partial charge in [0.25, 0.3) is 11.5 Å². The average Bonchev–Trinajstić information content (AvgIpc) is 2.81. The number of ether oxygens (including phenoxy) is 2. The summed E-state index contributed by atoms with van der Waals surface area (Å²) in [5.74, 6) is -0.691. The Balaban J connectivity index is 1.63. The highest BCUT2D eigenvalue weighted by Gasteiger charge is 2.41. The standard InChI is InChI=1S/C26H28Cl2N6O5/c1-25(2,3)39-24(37)33-26(6-5-7-26)14-8-15(12-30-11-14)32-22(35)19-21(29)31-13-34(23(19)36)20-17(27)9-16(38-4)10-18(20)28/h8-13H,5-7,29H2,1-4H3,(H,32,35)(H,33,37). The van der Waals surface area contributed by atoms with Crippen molar-refractivity contribution in [3.8, 4) is 11.4 Å². The fraction of sp³-hybridized carbons (Fsp3) is 0.346. The van der Waals surface area contributed by atoms with Crippen LogP contribution in [0.4, 0.5) is 16.3 Å². The van der Waals surface area contributed by atoms with Gasteiger partial charge in [0.05, 0.1) is 40.3 Å². The summed E-state index contributed by atoms with van der Waals surface area (Å²) in [5, 5.41) is 5.82. The minimum atomic E-state index is -0.804. The number of nitrogen functional groups attached to an aromatic ring is 1. The molecule has 1 aliphatic rings. The number of hydrogen-bond acceptors (Lipinski definition) is 8. The van der Waals surface area contributed by atoms with Crippen LogP contribution in [0, 0.1) is 0 Å². The molecule has 11 nitrogen and oxygen atoms in total. The van der Waals surface area contributed by atoms with Crippen LogP contribution in [0.25, 0.3) is 5.69 Å². The summed E-state index contributed by atoms with van der Waals surface area (Å²) in [6.07, 6.45) is 5.88. The molecule has 1 aromatic carbocycles. The Hall–Kier alpha value is -3.83. The Morgan fingerprint density at radius 3 is 2.36 bits per heavy atom. The molecule has 1 aliphatic carbocycles. The summed E-state index contributed by atoms with van der Waals surface area (Å²) in [6, 6.07) is 4.64. The van der Waals surface area contributed by atoms with Gasteiger partial charge in [-0.1, -0.05) is 23.2 Å². The van der Waals surface area contributed by atoms with Crippen molar-refractivity contribution >= 4 is 46.7 Å². The number of methoxy groups -OCH3 is 1. The molecule has 206 valence electrons. The lowest BCUT2D eigenvalue weighted by atomic mass is 9.72. The van der Waals surface area contributed by atoms with E-state index in [4.69, 9.17) is 38.4 Å². The van der Waals surface area contributed by atoms with Crippen molar-refractivity contribution in [3.63, 3.8) is 0 Å². The van der Waals surface area contributed by atoms with Gasteiger partial charge in [0, 0.05) is 18.3 Å². The van der Waals surface area contributed by atoms with Gasteiger partial charge in [-0.05, 0) is 51.7 Å². The van der Waals surface area contributed by atoms with Gasteiger partial charge >= 0.3 is 6.09 Å². The Morgan fingerprint density at radius 2 is 1.79 bits per heavy atom. The normalized spacial score (nSPS) is 14.2. The van der Waals surface area contributed by atoms with Crippen molar-refractivity contribution in [2.45, 2.75) is 51.2 Å². The highest BCUT2D eigenvalue weighted by atomic mass is 35.5. The SMILES string of the molecule is COc1cc(Cl)c(-n2cnc(N)c(C(=O)Nc3cncc(C4(NC(=O)OC(C)(C)C)CCC4)c3)c2=O)c(Cl)c1. The molecule has 2 aromatic heterocycles. The van der Waals surface area contributed by atoms with Crippen molar-refractivity contribution in [1.82, 2.24) is 19.9 Å². The smallest absolute Gasteiger partial charge is 0.408 e. The Morgan fingerprint density at radius 1 is 1.13 bits per heavy atom. The van der Waals surface area contributed by atoms with Crippen LogP contribution in [-0.4, -0.2) is 39.2 Å². The van der Waals surface area contributed by atoms with Crippen LogP contribution in [0.1, 0.15) is 56.0 Å². The minimum absolute atomic E-state index is 0.111. The molecule has 2 amide bonds. The molecule has 4 N–H and O–H groups in total. The van der Waals surface area contributed by atoms with Crippen LogP contribution in [0.3, 0.4) is 0 Å². The van der Waals surface area contributed by atoms with Crippen molar-refractivity contribution in [3.05, 3.63) is 68.4 Å². The van der Waals surface area contributed by atoms with Crippen molar-refractivity contribution in [2.24, 2.45) is 0 Å². The van der Waals surface area contributed by atoms with E-state index >= 15 is 0 Å². The van der Waals surface area contributed by atoms with E-state index < -0.39 is 34.3 Å². The van der Waals surface area contributed by atoms with Gasteiger partial charge in [-0.2, -0.15) is 0 Å². The zero-order valence-corrected chi connectivity index (χ0v) is 23.3. The van der Waals surface area contributed by atoms with Crippen LogP contribution in [0.15, 0.2) is 41.7 Å². The topological polar surface area (TPSA) is 150 Å². The first-order chi connectivity index (χ1) is 18.3. The molecule has 0 aliphatic heterocycles. The van der Waals surface area contributed by atoms with Crippen LogP contribution >= 0.6 is 23.2 Å². The van der Waals surface area contributed by atoms with E-state index in [1.54, 1.807) is 33.0 Å². The lowest BCUT2D eigenvalue weighted by Crippen LogP contribution is -2.52. The second-order valence-electron chi connectivity index (χ2n) is 10.1. The second-order valence-corrected chi connectivity index (χ2v) is 10.9. The number of pyridine rings is 1. The predicted molar refractivity (Wildman–Crippen MR) is 148 cm³/mol. The highest BCUT2D eigenvalue weighted by molar-refractivity contribution is 6.38. The van der Waals surface area contributed by atoms with Gasteiger partial charge in [-0.3, -0.25) is 19.1 Å². The molecular formula is C26H28Cl2N6O5. The molecule has 3 aromatic rings. The van der Waals surface area contributed by atoms with Crippen LogP contribution in [0.2, 0.25) is 10.0 Å². The van der Waals surface area contributed by atoms with Crippen molar-refractivity contribution in [2.75, 3.05) is 18.2 Å². The minimum Gasteiger partial charge on any atom is -0.497 e. The van der Waals surface area contributed by atoms with E-state index in [1.165, 1.54) is 25.4 Å². The van der Waals surface area contributed by atoms with E-state index in [0.29, 0.717) is 29.8 Å². The van der Waals surface area contributed by atoms with Crippen molar-refractivity contribution < 1.29 is 19.1 Å². The predicted octanol–water partition coefficient (Wildman–Crippen LogP) is 4.68. The Kier molecular flexibility index (Phi) is 7.76. The Bertz CT molecular complexity index is 1470. The van der Waals surface area contributed by atoms with Crippen LogP contribution < -0.4 is 26.7 Å². The van der Waals surface area contributed by atoms with Gasteiger partial charge < -0.3 is 25.8 Å². The molecule has 13 heteroatoms. The highest BCUT2D eigenvalue weighted by Crippen LogP contribution is 2.42. The van der Waals surface area contributed by atoms with Crippen LogP contribution in [0.5, 0.6) is 5.75 Å². The molecule has 1 saturated carbocycles. The molecule has 0 unspecified atom stereocenters. The maximum absolute atomic E-state index is 13.4. The van der Waals surface area contributed by atoms with Gasteiger partial charge in [0.1, 0.15) is 29.1 Å². The van der Waals surface area contributed by atoms with E-state index in [1.807, 2.05) is 0 Å². The van der Waals surface area contributed by atoms with Crippen molar-refractivity contribution in [1.29, 1.82) is 0 Å². The number of halogens is 2. The first-order valence-electron chi connectivity index (χ1n) is 12.0. The molecule has 39 heavy (non-hydrogen) atoms. The van der Waals surface area contributed by atoms with E-state index in [0.717, 1.165) is 17.3 Å². The Labute approximate surface area is 234 Å². The quantitative estimate of drug-likeness (QED) is 0.384. The number of amides is 2. The number of nitrogens with two attached hydrogens (primary N) is 1. The van der Waals surface area contributed by atoms with Gasteiger partial charge in [-0.15, -0.1) is 0 Å². The third kappa shape index (κ3) is 5.94. The van der Waals surface area contributed by atoms with E-state index in [-0.39, 0.29) is 21.6 Å². The lowest BCUT2D eigenvalue weighted by Gasteiger charge is -2.43. The monoisotopic (exact) mass is 574 g/mol. The number of nitrogens with zero attached hydrogens (tertiary/aromatic N) is 3. The number of rotatable bonds is 6. The third-order valence-corrected chi connectivity index (χ3v) is 6.77. The molecule has 1 fully saturated rings. The number of hydrogen-bond donors (Lipinski definition) is 3. The fourth-order valence-corrected chi connectivity index (χ4v) is 4.86. The number of benzene rings is 1. The van der Waals surface area contributed by atoms with Crippen LogP contribution in [-0.2, 0) is 10.3 Å². The van der Waals surface area contributed by atoms with E-state index in [9.17, 15) is 14.4 Å². The molecular weight excluding hydrogens is 547 g/mol. The number of aromatic nitrogens is 3. The first kappa shape index (κ1) is 28.2. The maximum atomic E-state index is 13.4. The van der Waals surface area contributed by atoms with Gasteiger partial charge in [-0.25, -0.2) is 9.78 Å².